The van der Waals surface area contributed by atoms with Crippen molar-refractivity contribution >= 4 is 28.8 Å². The third-order valence-corrected chi connectivity index (χ3v) is 2.88. The average Bonchev–Trinajstić information content (AvgIpc) is 2.59. The molecule has 1 heterocycles. The lowest BCUT2D eigenvalue weighted by atomic mass is 10.1. The molecule has 2 rings (SSSR count). The average molecular weight is 230 g/mol. The summed E-state index contributed by atoms with van der Waals surface area (Å²) in [4.78, 5) is 22.1. The van der Waals surface area contributed by atoms with E-state index in [4.69, 9.17) is 0 Å². The topological polar surface area (TPSA) is 51.1 Å². The molecule has 4 heteroatoms. The maximum absolute atomic E-state index is 11.1. The number of fused-ring (bicyclic) bond motifs is 1. The number of carbonyl (C=O) groups is 2. The molecule has 17 heavy (non-hydrogen) atoms. The van der Waals surface area contributed by atoms with E-state index in [2.05, 4.69) is 5.32 Å². The maximum Gasteiger partial charge on any atom is 0.221 e. The summed E-state index contributed by atoms with van der Waals surface area (Å²) in [5.74, 6) is -0.115. The molecular formula is C13H14N2O2. The number of rotatable bonds is 2. The first-order valence-corrected chi connectivity index (χ1v) is 5.36. The Hall–Kier alpha value is -2.10. The molecule has 0 spiro atoms. The first-order valence-electron chi connectivity index (χ1n) is 5.36. The summed E-state index contributed by atoms with van der Waals surface area (Å²) >= 11 is 0. The van der Waals surface area contributed by atoms with Gasteiger partial charge in [-0.3, -0.25) is 9.59 Å². The molecule has 1 aromatic heterocycles. The molecule has 0 fully saturated rings. The van der Waals surface area contributed by atoms with Crippen LogP contribution in [-0.2, 0) is 11.8 Å². The molecule has 4 nitrogen and oxygen atoms in total. The second kappa shape index (κ2) is 4.05. The third-order valence-electron chi connectivity index (χ3n) is 2.88. The molecule has 0 saturated heterocycles. The van der Waals surface area contributed by atoms with Gasteiger partial charge in [0.25, 0.3) is 0 Å². The van der Waals surface area contributed by atoms with Gasteiger partial charge in [0.05, 0.1) is 0 Å². The summed E-state index contributed by atoms with van der Waals surface area (Å²) < 4.78 is 1.91. The molecular weight excluding hydrogens is 216 g/mol. The number of carbonyl (C=O) groups excluding carboxylic acids is 2. The van der Waals surface area contributed by atoms with Gasteiger partial charge in [-0.15, -0.1) is 0 Å². The number of aryl methyl sites for hydroxylation is 2. The Morgan fingerprint density at radius 1 is 1.41 bits per heavy atom. The van der Waals surface area contributed by atoms with E-state index in [9.17, 15) is 9.59 Å². The first kappa shape index (κ1) is 11.4. The molecule has 0 aliphatic rings. The predicted octanol–water partition coefficient (Wildman–Crippen LogP) is 2.26. The molecule has 0 radical (unpaired) electrons. The van der Waals surface area contributed by atoms with E-state index in [1.807, 2.05) is 30.7 Å². The molecule has 0 aliphatic heterocycles. The van der Waals surface area contributed by atoms with E-state index in [1.54, 1.807) is 6.20 Å². The number of nitrogens with one attached hydrogen (secondary N) is 1. The Labute approximate surface area is 99.2 Å². The third kappa shape index (κ3) is 1.82. The summed E-state index contributed by atoms with van der Waals surface area (Å²) in [5.41, 5.74) is 3.30. The van der Waals surface area contributed by atoms with Crippen LogP contribution in [0.25, 0.3) is 10.9 Å². The van der Waals surface area contributed by atoms with Crippen molar-refractivity contribution in [3.05, 3.63) is 29.5 Å². The van der Waals surface area contributed by atoms with Crippen molar-refractivity contribution in [2.45, 2.75) is 13.8 Å². The second-order valence-electron chi connectivity index (χ2n) is 4.13. The van der Waals surface area contributed by atoms with E-state index in [-0.39, 0.29) is 5.91 Å². The summed E-state index contributed by atoms with van der Waals surface area (Å²) in [6.07, 6.45) is 2.63. The smallest absolute Gasteiger partial charge is 0.221 e. The number of hydrogen-bond donors (Lipinski definition) is 1. The van der Waals surface area contributed by atoms with Crippen molar-refractivity contribution in [3.63, 3.8) is 0 Å². The van der Waals surface area contributed by atoms with Crippen LogP contribution in [0.1, 0.15) is 22.8 Å². The van der Waals surface area contributed by atoms with Crippen LogP contribution in [0.4, 0.5) is 5.69 Å². The summed E-state index contributed by atoms with van der Waals surface area (Å²) in [6, 6.07) is 3.76. The Balaban J connectivity index is 2.73. The largest absolute Gasteiger partial charge is 0.350 e. The lowest BCUT2D eigenvalue weighted by Gasteiger charge is -2.08. The molecule has 0 atom stereocenters. The maximum atomic E-state index is 11.1. The van der Waals surface area contributed by atoms with Gasteiger partial charge in [-0.25, -0.2) is 0 Å². The fourth-order valence-corrected chi connectivity index (χ4v) is 2.11. The number of anilines is 1. The van der Waals surface area contributed by atoms with Gasteiger partial charge < -0.3 is 9.88 Å². The van der Waals surface area contributed by atoms with Gasteiger partial charge in [-0.05, 0) is 24.6 Å². The van der Waals surface area contributed by atoms with Crippen LogP contribution in [-0.4, -0.2) is 16.8 Å². The van der Waals surface area contributed by atoms with Crippen molar-refractivity contribution in [2.75, 3.05) is 5.32 Å². The van der Waals surface area contributed by atoms with Crippen LogP contribution < -0.4 is 5.32 Å². The summed E-state index contributed by atoms with van der Waals surface area (Å²) in [6.45, 7) is 3.37. The van der Waals surface area contributed by atoms with E-state index in [0.717, 1.165) is 28.4 Å². The lowest BCUT2D eigenvalue weighted by molar-refractivity contribution is -0.114. The van der Waals surface area contributed by atoms with Gasteiger partial charge >= 0.3 is 0 Å². The zero-order chi connectivity index (χ0) is 12.6. The Morgan fingerprint density at radius 2 is 2.12 bits per heavy atom. The van der Waals surface area contributed by atoms with Crippen molar-refractivity contribution in [3.8, 4) is 0 Å². The summed E-state index contributed by atoms with van der Waals surface area (Å²) in [5, 5.41) is 3.66. The molecule has 1 N–H and O–H groups in total. The lowest BCUT2D eigenvalue weighted by Crippen LogP contribution is -2.07. The molecule has 1 aromatic carbocycles. The molecule has 2 aromatic rings. The van der Waals surface area contributed by atoms with Crippen LogP contribution in [0.15, 0.2) is 18.3 Å². The number of aldehydes is 1. The fraction of sp³-hybridized carbons (Fsp3) is 0.231. The number of hydrogen-bond acceptors (Lipinski definition) is 2. The number of benzene rings is 1. The monoisotopic (exact) mass is 230 g/mol. The van der Waals surface area contributed by atoms with Crippen molar-refractivity contribution in [2.24, 2.45) is 7.05 Å². The Bertz CT molecular complexity index is 611. The molecule has 0 unspecified atom stereocenters. The van der Waals surface area contributed by atoms with E-state index >= 15 is 0 Å². The quantitative estimate of drug-likeness (QED) is 0.804. The van der Waals surface area contributed by atoms with Crippen LogP contribution in [0, 0.1) is 6.92 Å². The van der Waals surface area contributed by atoms with Gasteiger partial charge in [0, 0.05) is 42.3 Å². The predicted molar refractivity (Wildman–Crippen MR) is 67.3 cm³/mol. The van der Waals surface area contributed by atoms with Crippen LogP contribution in [0.2, 0.25) is 0 Å². The highest BCUT2D eigenvalue weighted by Crippen LogP contribution is 2.28. The minimum absolute atomic E-state index is 0.115. The zero-order valence-corrected chi connectivity index (χ0v) is 10.1. The zero-order valence-electron chi connectivity index (χ0n) is 10.1. The van der Waals surface area contributed by atoms with Crippen molar-refractivity contribution in [1.29, 1.82) is 0 Å². The number of nitrogens with zero attached hydrogens (tertiary/aromatic N) is 1. The van der Waals surface area contributed by atoms with Gasteiger partial charge in [0.1, 0.15) is 0 Å². The normalized spacial score (nSPS) is 10.5. The van der Waals surface area contributed by atoms with Crippen LogP contribution in [0.3, 0.4) is 0 Å². The van der Waals surface area contributed by atoms with E-state index in [0.29, 0.717) is 5.56 Å². The van der Waals surface area contributed by atoms with E-state index < -0.39 is 0 Å². The second-order valence-corrected chi connectivity index (χ2v) is 4.13. The van der Waals surface area contributed by atoms with Crippen LogP contribution >= 0.6 is 0 Å². The van der Waals surface area contributed by atoms with Gasteiger partial charge in [-0.2, -0.15) is 0 Å². The van der Waals surface area contributed by atoms with Crippen LogP contribution in [0.5, 0.6) is 0 Å². The standard InChI is InChI=1S/C13H14N2O2/c1-8-11(14-9(2)17)4-5-12-13(8)10(7-16)6-15(12)3/h4-7H,1-3H3,(H,14,17). The highest BCUT2D eigenvalue weighted by molar-refractivity contribution is 6.03. The summed E-state index contributed by atoms with van der Waals surface area (Å²) in [7, 11) is 1.90. The Kier molecular flexibility index (Phi) is 2.71. The molecule has 0 bridgehead atoms. The molecule has 1 amide bonds. The van der Waals surface area contributed by atoms with Crippen molar-refractivity contribution in [1.82, 2.24) is 4.57 Å². The van der Waals surface area contributed by atoms with Crippen molar-refractivity contribution < 1.29 is 9.59 Å². The van der Waals surface area contributed by atoms with Gasteiger partial charge in [0.15, 0.2) is 6.29 Å². The van der Waals surface area contributed by atoms with Gasteiger partial charge in [0.2, 0.25) is 5.91 Å². The van der Waals surface area contributed by atoms with Gasteiger partial charge in [-0.1, -0.05) is 0 Å². The first-order chi connectivity index (χ1) is 8.04. The Morgan fingerprint density at radius 3 is 2.71 bits per heavy atom. The minimum Gasteiger partial charge on any atom is -0.350 e. The highest BCUT2D eigenvalue weighted by Gasteiger charge is 2.11. The van der Waals surface area contributed by atoms with E-state index in [1.165, 1.54) is 6.92 Å². The fourth-order valence-electron chi connectivity index (χ4n) is 2.11. The minimum atomic E-state index is -0.115. The number of aromatic nitrogens is 1. The molecule has 88 valence electrons. The SMILES string of the molecule is CC(=O)Nc1ccc2c(c(C=O)cn2C)c1C. The number of amides is 1. The highest BCUT2D eigenvalue weighted by atomic mass is 16.1. The molecule has 0 saturated carbocycles. The molecule has 0 aliphatic carbocycles.